The van der Waals surface area contributed by atoms with Gasteiger partial charge in [-0.15, -0.1) is 0 Å². The number of nitrogens with zero attached hydrogens (tertiary/aromatic N) is 4. The Hall–Kier alpha value is -4.24. The van der Waals surface area contributed by atoms with E-state index in [1.165, 1.54) is 0 Å². The highest BCUT2D eigenvalue weighted by Gasteiger charge is 2.44. The van der Waals surface area contributed by atoms with Gasteiger partial charge in [0.1, 0.15) is 11.0 Å². The van der Waals surface area contributed by atoms with Crippen LogP contribution < -0.4 is 15.8 Å². The molecule has 4 aromatic rings. The van der Waals surface area contributed by atoms with Crippen LogP contribution in [0.5, 0.6) is 0 Å². The average Bonchev–Trinajstić information content (AvgIpc) is 3.66. The molecule has 2 amide bonds. The number of carbonyl (C=O) groups is 2. The van der Waals surface area contributed by atoms with E-state index in [0.29, 0.717) is 55.3 Å². The number of nitrogens with one attached hydrogen (secondary N) is 1. The van der Waals surface area contributed by atoms with E-state index in [-0.39, 0.29) is 17.4 Å². The summed E-state index contributed by atoms with van der Waals surface area (Å²) in [5.74, 6) is 0.00711. The summed E-state index contributed by atoms with van der Waals surface area (Å²) >= 11 is 0. The Morgan fingerprint density at radius 2 is 1.90 bits per heavy atom. The summed E-state index contributed by atoms with van der Waals surface area (Å²) in [5.41, 5.74) is 4.83. The van der Waals surface area contributed by atoms with Gasteiger partial charge in [-0.2, -0.15) is 0 Å². The minimum absolute atomic E-state index is 0.0699. The second-order valence-electron chi connectivity index (χ2n) is 12.2. The van der Waals surface area contributed by atoms with Crippen LogP contribution in [-0.2, 0) is 29.2 Å². The van der Waals surface area contributed by atoms with Crippen molar-refractivity contribution in [2.45, 2.75) is 60.2 Å². The second-order valence-corrected chi connectivity index (χ2v) is 12.2. The monoisotopic (exact) mass is 567 g/mol. The lowest BCUT2D eigenvalue weighted by molar-refractivity contribution is -0.136. The molecule has 1 aromatic carbocycles. The van der Waals surface area contributed by atoms with Crippen molar-refractivity contribution in [3.8, 4) is 0 Å². The number of rotatable bonds is 9. The molecule has 4 heterocycles. The van der Waals surface area contributed by atoms with Crippen molar-refractivity contribution in [1.29, 1.82) is 0 Å². The van der Waals surface area contributed by atoms with Crippen LogP contribution in [0, 0.1) is 25.2 Å². The highest BCUT2D eigenvalue weighted by atomic mass is 16.3. The maximum absolute atomic E-state index is 13.6. The van der Waals surface area contributed by atoms with Gasteiger partial charge in [-0.1, -0.05) is 12.1 Å². The number of benzene rings is 1. The van der Waals surface area contributed by atoms with Gasteiger partial charge in [0.05, 0.1) is 23.0 Å². The van der Waals surface area contributed by atoms with E-state index in [2.05, 4.69) is 21.3 Å². The topological polar surface area (TPSA) is 101 Å². The Balaban J connectivity index is 1.31. The average molecular weight is 568 g/mol. The van der Waals surface area contributed by atoms with Crippen molar-refractivity contribution in [1.82, 2.24) is 14.5 Å². The molecule has 1 fully saturated rings. The van der Waals surface area contributed by atoms with Gasteiger partial charge in [-0.3, -0.25) is 24.3 Å². The zero-order valence-electron chi connectivity index (χ0n) is 24.6. The van der Waals surface area contributed by atoms with Crippen molar-refractivity contribution < 1.29 is 14.0 Å². The smallest absolute Gasteiger partial charge is 0.261 e. The molecule has 1 saturated carbocycles. The molecule has 1 aliphatic carbocycles. The highest BCUT2D eigenvalue weighted by molar-refractivity contribution is 6.19. The predicted molar refractivity (Wildman–Crippen MR) is 162 cm³/mol. The van der Waals surface area contributed by atoms with Crippen LogP contribution in [0.4, 0.5) is 11.4 Å². The molecule has 0 saturated heterocycles. The molecule has 0 spiro atoms. The first-order chi connectivity index (χ1) is 20.1. The quantitative estimate of drug-likeness (QED) is 0.285. The van der Waals surface area contributed by atoms with E-state index in [1.807, 2.05) is 49.2 Å². The van der Waals surface area contributed by atoms with Crippen LogP contribution in [0.15, 0.2) is 64.3 Å². The molecule has 0 atom stereocenters. The van der Waals surface area contributed by atoms with Crippen molar-refractivity contribution >= 4 is 34.2 Å². The minimum Gasteiger partial charge on any atom is -0.464 e. The minimum atomic E-state index is -1.15. The molecule has 0 radical (unpaired) electrons. The van der Waals surface area contributed by atoms with Crippen LogP contribution >= 0.6 is 0 Å². The van der Waals surface area contributed by atoms with E-state index in [4.69, 9.17) is 4.42 Å². The number of carbonyl (C=O) groups excluding carboxylic acids is 2. The number of hydrogen-bond acceptors (Lipinski definition) is 6. The summed E-state index contributed by atoms with van der Waals surface area (Å²) in [6.45, 7) is 10.3. The van der Waals surface area contributed by atoms with Gasteiger partial charge in [0.2, 0.25) is 11.8 Å². The third kappa shape index (κ3) is 5.36. The van der Waals surface area contributed by atoms with Crippen molar-refractivity contribution in [2.75, 3.05) is 23.3 Å². The summed E-state index contributed by atoms with van der Waals surface area (Å²) in [6.07, 6.45) is 7.40. The van der Waals surface area contributed by atoms with Gasteiger partial charge in [0, 0.05) is 56.4 Å². The van der Waals surface area contributed by atoms with Crippen LogP contribution in [0.2, 0.25) is 0 Å². The molecule has 218 valence electrons. The molecule has 1 N–H and O–H groups in total. The normalized spacial score (nSPS) is 16.5. The molecule has 0 bridgehead atoms. The number of amides is 2. The Morgan fingerprint density at radius 1 is 1.10 bits per heavy atom. The van der Waals surface area contributed by atoms with Crippen LogP contribution in [0.1, 0.15) is 49.1 Å². The van der Waals surface area contributed by atoms with Crippen molar-refractivity contribution in [2.24, 2.45) is 11.3 Å². The zero-order chi connectivity index (χ0) is 29.6. The molecule has 2 aliphatic rings. The molecule has 9 nitrogen and oxygen atoms in total. The van der Waals surface area contributed by atoms with Gasteiger partial charge >= 0.3 is 0 Å². The van der Waals surface area contributed by atoms with Crippen LogP contribution in [0.3, 0.4) is 0 Å². The fourth-order valence-corrected chi connectivity index (χ4v) is 5.67. The first-order valence-electron chi connectivity index (χ1n) is 14.6. The number of aromatic nitrogens is 2. The number of hydrogen-bond donors (Lipinski definition) is 1. The van der Waals surface area contributed by atoms with Gasteiger partial charge in [0.15, 0.2) is 0 Å². The van der Waals surface area contributed by atoms with E-state index >= 15 is 0 Å². The maximum Gasteiger partial charge on any atom is 0.261 e. The number of furan rings is 1. The molecule has 3 aromatic heterocycles. The summed E-state index contributed by atoms with van der Waals surface area (Å²) in [4.78, 5) is 48.3. The lowest BCUT2D eigenvalue weighted by Gasteiger charge is -2.29. The number of pyridine rings is 2. The van der Waals surface area contributed by atoms with Crippen LogP contribution in [-0.4, -0.2) is 39.4 Å². The Morgan fingerprint density at radius 3 is 2.67 bits per heavy atom. The molecule has 6 rings (SSSR count). The van der Waals surface area contributed by atoms with E-state index in [9.17, 15) is 14.4 Å². The molecular weight excluding hydrogens is 530 g/mol. The fourth-order valence-electron chi connectivity index (χ4n) is 5.67. The van der Waals surface area contributed by atoms with Gasteiger partial charge in [-0.05, 0) is 81.8 Å². The van der Waals surface area contributed by atoms with Crippen molar-refractivity contribution in [3.63, 3.8) is 0 Å². The molecule has 9 heteroatoms. The Labute approximate surface area is 245 Å². The lowest BCUT2D eigenvalue weighted by atomic mass is 9.90. The molecular formula is C33H37N5O4. The highest BCUT2D eigenvalue weighted by Crippen LogP contribution is 2.40. The number of aryl methyl sites for hydroxylation is 2. The Bertz CT molecular complexity index is 1730. The van der Waals surface area contributed by atoms with Gasteiger partial charge in [-0.25, -0.2) is 0 Å². The fraction of sp³-hybridized carbons (Fsp3) is 0.394. The molecule has 1 aliphatic heterocycles. The molecule has 42 heavy (non-hydrogen) atoms. The largest absolute Gasteiger partial charge is 0.464 e. The zero-order valence-corrected chi connectivity index (χ0v) is 24.6. The van der Waals surface area contributed by atoms with Crippen molar-refractivity contribution in [3.05, 3.63) is 87.8 Å². The van der Waals surface area contributed by atoms with E-state index < -0.39 is 5.41 Å². The van der Waals surface area contributed by atoms with E-state index in [0.717, 1.165) is 40.9 Å². The standard InChI is InChI=1S/C33H37N5O4/c1-21-17-37(30(39)26-11-15-42-29(21)26)14-13-36(20-25-6-5-12-34-22(25)2)18-24-9-10-27-28(16-24)38(19-23-7-8-23)32(41)33(3,4)31(40)35-27/h5-6,9-12,15-17,23H,7-8,13-14,18-20H2,1-4H3,(H,35,40). The summed E-state index contributed by atoms with van der Waals surface area (Å²) in [5, 5.41) is 3.58. The first kappa shape index (κ1) is 27.9. The maximum atomic E-state index is 13.6. The first-order valence-corrected chi connectivity index (χ1v) is 14.6. The summed E-state index contributed by atoms with van der Waals surface area (Å²) in [6, 6.07) is 11.7. The SMILES string of the molecule is Cc1ncccc1CN(CCn1cc(C)c2occc2c1=O)Cc1ccc2c(c1)N(CC1CC1)C(=O)C(C)(C)C(=O)N2. The number of fused-ring (bicyclic) bond motifs is 2. The number of anilines is 2. The van der Waals surface area contributed by atoms with Crippen LogP contribution in [0.25, 0.3) is 11.0 Å². The summed E-state index contributed by atoms with van der Waals surface area (Å²) in [7, 11) is 0. The third-order valence-electron chi connectivity index (χ3n) is 8.52. The summed E-state index contributed by atoms with van der Waals surface area (Å²) < 4.78 is 7.27. The van der Waals surface area contributed by atoms with Gasteiger partial charge < -0.3 is 19.2 Å². The molecule has 0 unspecified atom stereocenters. The lowest BCUT2D eigenvalue weighted by Crippen LogP contribution is -2.45. The third-order valence-corrected chi connectivity index (χ3v) is 8.52. The second kappa shape index (κ2) is 10.9. The predicted octanol–water partition coefficient (Wildman–Crippen LogP) is 5.03. The van der Waals surface area contributed by atoms with Gasteiger partial charge in [0.25, 0.3) is 5.56 Å². The Kier molecular flexibility index (Phi) is 7.22. The van der Waals surface area contributed by atoms with E-state index in [1.54, 1.807) is 36.9 Å².